The molecule has 3 aromatic rings. The Morgan fingerprint density at radius 3 is 1.29 bits per heavy atom. The minimum Gasteiger partial charge on any atom is -0.477 e. The van der Waals surface area contributed by atoms with E-state index >= 15 is 0 Å². The number of carboxylic acids is 1. The van der Waals surface area contributed by atoms with Crippen molar-refractivity contribution in [3.8, 4) is 0 Å². The number of nitrogens with two attached hydrogens (primary N) is 1. The van der Waals surface area contributed by atoms with Crippen molar-refractivity contribution >= 4 is 35.8 Å². The van der Waals surface area contributed by atoms with Gasteiger partial charge in [0.1, 0.15) is 16.9 Å². The molecule has 9 rings (SSSR count). The van der Waals surface area contributed by atoms with Crippen molar-refractivity contribution in [3.05, 3.63) is 91.6 Å². The van der Waals surface area contributed by atoms with Gasteiger partial charge in [-0.3, -0.25) is 34.4 Å². The van der Waals surface area contributed by atoms with Crippen LogP contribution >= 0.6 is 12.4 Å². The maximum atomic E-state index is 12.8. The summed E-state index contributed by atoms with van der Waals surface area (Å²) in [5.74, 6) is -1.15. The Morgan fingerprint density at radius 1 is 0.557 bits per heavy atom. The zero-order chi connectivity index (χ0) is 48.9. The highest BCUT2D eigenvalue weighted by Gasteiger charge is 2.31. The third kappa shape index (κ3) is 15.0. The summed E-state index contributed by atoms with van der Waals surface area (Å²) in [5, 5.41) is 11.7. The van der Waals surface area contributed by atoms with Gasteiger partial charge in [-0.2, -0.15) is 0 Å². The van der Waals surface area contributed by atoms with Crippen LogP contribution < -0.4 is 27.7 Å². The lowest BCUT2D eigenvalue weighted by atomic mass is 9.89. The SMILES string of the molecule is CC(C)(C)OC(=O)Nc1cccn(C2CCC(N3CCOCC3)CC2)c1=O.Cl.Nc1cccn(C2CCC(N3CCOCC3)CC2)c1=O.O=C(O)c1cccn(C2CCC(N3CCOCC3)CC2)c1=O. The summed E-state index contributed by atoms with van der Waals surface area (Å²) in [7, 11) is 0. The minimum absolute atomic E-state index is 0. The van der Waals surface area contributed by atoms with Crippen LogP contribution in [0.5, 0.6) is 0 Å². The van der Waals surface area contributed by atoms with E-state index in [1.807, 2.05) is 29.1 Å². The molecule has 19 heteroatoms. The fourth-order valence-corrected chi connectivity index (χ4v) is 11.0. The van der Waals surface area contributed by atoms with Gasteiger partial charge in [0.05, 0.1) is 45.3 Å². The maximum Gasteiger partial charge on any atom is 0.412 e. The first-order valence-electron chi connectivity index (χ1n) is 25.3. The zero-order valence-electron chi connectivity index (χ0n) is 41.4. The highest BCUT2D eigenvalue weighted by atomic mass is 35.5. The van der Waals surface area contributed by atoms with Gasteiger partial charge in [-0.25, -0.2) is 9.59 Å². The van der Waals surface area contributed by atoms with Gasteiger partial charge in [0.15, 0.2) is 0 Å². The number of hydrogen-bond donors (Lipinski definition) is 3. The maximum absolute atomic E-state index is 12.8. The van der Waals surface area contributed by atoms with Crippen LogP contribution in [0.3, 0.4) is 0 Å². The van der Waals surface area contributed by atoms with E-state index < -0.39 is 17.7 Å². The van der Waals surface area contributed by atoms with Gasteiger partial charge < -0.3 is 43.5 Å². The average molecular weight is 998 g/mol. The Kier molecular flexibility index (Phi) is 20.5. The van der Waals surface area contributed by atoms with Gasteiger partial charge in [0.25, 0.3) is 16.7 Å². The number of pyridine rings is 3. The van der Waals surface area contributed by atoms with Crippen LogP contribution in [0.4, 0.5) is 16.2 Å². The van der Waals surface area contributed by atoms with Crippen LogP contribution in [0.2, 0.25) is 0 Å². The van der Waals surface area contributed by atoms with E-state index in [0.29, 0.717) is 29.9 Å². The molecule has 6 fully saturated rings. The normalized spacial score (nSPS) is 25.9. The number of hydrogen-bond acceptors (Lipinski definition) is 13. The van der Waals surface area contributed by atoms with Crippen LogP contribution in [0.1, 0.15) is 126 Å². The van der Waals surface area contributed by atoms with Crippen LogP contribution in [0, 0.1) is 0 Å². The number of aromatic nitrogens is 3. The number of morpholine rings is 3. The number of carbonyl (C=O) groups excluding carboxylic acids is 1. The number of anilines is 2. The summed E-state index contributed by atoms with van der Waals surface area (Å²) in [6, 6.07) is 12.4. The first kappa shape index (κ1) is 54.8. The molecule has 3 aliphatic heterocycles. The molecule has 0 radical (unpaired) electrons. The lowest BCUT2D eigenvalue weighted by molar-refractivity contribution is 0.00531. The second kappa shape index (κ2) is 26.2. The second-order valence-corrected chi connectivity index (χ2v) is 20.2. The molecule has 3 saturated heterocycles. The van der Waals surface area contributed by atoms with Crippen molar-refractivity contribution in [3.63, 3.8) is 0 Å². The van der Waals surface area contributed by atoms with Crippen molar-refractivity contribution in [2.24, 2.45) is 0 Å². The molecule has 3 aliphatic carbocycles. The Hall–Kier alpha value is -4.56. The monoisotopic (exact) mass is 997 g/mol. The van der Waals surface area contributed by atoms with E-state index in [-0.39, 0.29) is 52.4 Å². The molecule has 0 bridgehead atoms. The fraction of sp³-hybridized carbons (Fsp3) is 0.667. The van der Waals surface area contributed by atoms with Crippen LogP contribution in [-0.2, 0) is 18.9 Å². The smallest absolute Gasteiger partial charge is 0.412 e. The summed E-state index contributed by atoms with van der Waals surface area (Å²) in [6.07, 6.45) is 17.3. The topological polar surface area (TPSA) is 205 Å². The van der Waals surface area contributed by atoms with Crippen molar-refractivity contribution in [2.45, 2.75) is 140 Å². The summed E-state index contributed by atoms with van der Waals surface area (Å²) in [4.78, 5) is 67.7. The Morgan fingerprint density at radius 2 is 0.900 bits per heavy atom. The Balaban J connectivity index is 0.000000173. The molecule has 0 unspecified atom stereocenters. The van der Waals surface area contributed by atoms with Crippen molar-refractivity contribution in [1.29, 1.82) is 0 Å². The van der Waals surface area contributed by atoms with E-state index in [1.54, 1.807) is 54.3 Å². The van der Waals surface area contributed by atoms with Gasteiger partial charge in [0.2, 0.25) is 0 Å². The Bertz CT molecular complexity index is 2290. The first-order chi connectivity index (χ1) is 33.3. The number of carbonyl (C=O) groups is 2. The lowest BCUT2D eigenvalue weighted by Crippen LogP contribution is -2.45. The zero-order valence-corrected chi connectivity index (χ0v) is 42.2. The standard InChI is InChI=1S/C20H31N3O4.C16H22N2O4.C15H23N3O2.ClH/c1-20(2,3)27-19(25)21-17-5-4-10-23(18(17)24)16-8-6-15(7-9-16)22-11-13-26-14-12-22;19-15-14(16(20)21)2-1-7-18(15)13-5-3-12(4-6-13)17-8-10-22-11-9-17;16-14-2-1-7-18(15(14)19)13-5-3-12(4-6-13)17-8-10-20-11-9-17;/h4-5,10,15-16H,6-9,11-14H2,1-3H3,(H,21,25);1-2,7,12-13H,3-6,8-11H2,(H,20,21);1-2,7,12-13H,3-6,8-11,16H2;1H. The van der Waals surface area contributed by atoms with E-state index in [0.717, 1.165) is 156 Å². The molecule has 1 amide bonds. The molecule has 3 aromatic heterocycles. The number of nitrogens with zero attached hydrogens (tertiary/aromatic N) is 6. The number of ether oxygens (including phenoxy) is 4. The Labute approximate surface area is 417 Å². The van der Waals surface area contributed by atoms with Gasteiger partial charge in [-0.05, 0) is 134 Å². The van der Waals surface area contributed by atoms with Crippen molar-refractivity contribution in [2.75, 3.05) is 90.0 Å². The summed E-state index contributed by atoms with van der Waals surface area (Å²) in [6.45, 7) is 16.4. The molecule has 70 heavy (non-hydrogen) atoms. The molecule has 0 aromatic carbocycles. The van der Waals surface area contributed by atoms with Crippen molar-refractivity contribution < 1.29 is 33.6 Å². The molecular weight excluding hydrogens is 920 g/mol. The number of nitrogen functional groups attached to an aromatic ring is 1. The minimum atomic E-state index is -1.15. The summed E-state index contributed by atoms with van der Waals surface area (Å²) in [5.41, 5.74) is 5.00. The van der Waals surface area contributed by atoms with Crippen LogP contribution in [-0.4, -0.2) is 148 Å². The van der Waals surface area contributed by atoms with Gasteiger partial charge in [-0.1, -0.05) is 0 Å². The fourth-order valence-electron chi connectivity index (χ4n) is 11.0. The first-order valence-corrected chi connectivity index (χ1v) is 25.3. The highest BCUT2D eigenvalue weighted by molar-refractivity contribution is 5.87. The molecule has 4 N–H and O–H groups in total. The summed E-state index contributed by atoms with van der Waals surface area (Å²) < 4.78 is 26.7. The average Bonchev–Trinajstić information content (AvgIpc) is 3.36. The number of aromatic carboxylic acids is 1. The van der Waals surface area contributed by atoms with Gasteiger partial charge >= 0.3 is 12.1 Å². The molecule has 3 saturated carbocycles. The number of amides is 1. The molecular formula is C51H77ClN8O10. The molecule has 6 aliphatic rings. The predicted octanol–water partition coefficient (Wildman–Crippen LogP) is 6.04. The molecule has 6 heterocycles. The van der Waals surface area contributed by atoms with E-state index in [9.17, 15) is 24.0 Å². The lowest BCUT2D eigenvalue weighted by Gasteiger charge is -2.39. The largest absolute Gasteiger partial charge is 0.477 e. The van der Waals surface area contributed by atoms with E-state index in [4.69, 9.17) is 29.8 Å². The number of nitrogens with one attached hydrogen (secondary N) is 1. The van der Waals surface area contributed by atoms with Crippen molar-refractivity contribution in [1.82, 2.24) is 28.4 Å². The number of carboxylic acid groups (broad SMARTS) is 1. The second-order valence-electron chi connectivity index (χ2n) is 20.2. The van der Waals surface area contributed by atoms with E-state index in [1.165, 1.54) is 6.07 Å². The number of rotatable bonds is 8. The highest BCUT2D eigenvalue weighted by Crippen LogP contribution is 2.33. The third-order valence-electron chi connectivity index (χ3n) is 14.7. The molecule has 0 atom stereocenters. The predicted molar refractivity (Wildman–Crippen MR) is 272 cm³/mol. The van der Waals surface area contributed by atoms with Crippen LogP contribution in [0.25, 0.3) is 0 Å². The quantitative estimate of drug-likeness (QED) is 0.236. The molecule has 0 spiro atoms. The van der Waals surface area contributed by atoms with Gasteiger partial charge in [0, 0.05) is 94.1 Å². The van der Waals surface area contributed by atoms with Crippen LogP contribution in [0.15, 0.2) is 69.4 Å². The third-order valence-corrected chi connectivity index (χ3v) is 14.7. The summed E-state index contributed by atoms with van der Waals surface area (Å²) >= 11 is 0. The molecule has 388 valence electrons. The number of halogens is 1. The van der Waals surface area contributed by atoms with E-state index in [2.05, 4.69) is 20.0 Å². The molecule has 18 nitrogen and oxygen atoms in total. The van der Waals surface area contributed by atoms with Gasteiger partial charge in [-0.15, -0.1) is 12.4 Å².